The van der Waals surface area contributed by atoms with E-state index in [1.54, 1.807) is 7.11 Å². The van der Waals surface area contributed by atoms with E-state index in [9.17, 15) is 4.21 Å². The zero-order chi connectivity index (χ0) is 7.98. The number of hydrogen-bond acceptors (Lipinski definition) is 3. The van der Waals surface area contributed by atoms with Gasteiger partial charge in [-0.15, -0.1) is 0 Å². The van der Waals surface area contributed by atoms with E-state index in [4.69, 9.17) is 10.5 Å². The summed E-state index contributed by atoms with van der Waals surface area (Å²) in [6, 6.07) is 0. The Morgan fingerprint density at radius 2 is 2.30 bits per heavy atom. The van der Waals surface area contributed by atoms with Crippen LogP contribution in [0.5, 0.6) is 0 Å². The molecule has 2 unspecified atom stereocenters. The molecule has 0 saturated heterocycles. The second-order valence-corrected chi connectivity index (χ2v) is 3.99. The van der Waals surface area contributed by atoms with Crippen molar-refractivity contribution in [3.8, 4) is 0 Å². The van der Waals surface area contributed by atoms with Crippen molar-refractivity contribution in [3.05, 3.63) is 0 Å². The van der Waals surface area contributed by atoms with E-state index in [1.807, 2.05) is 6.92 Å². The molecule has 0 rings (SSSR count). The van der Waals surface area contributed by atoms with Gasteiger partial charge in [0.2, 0.25) is 0 Å². The van der Waals surface area contributed by atoms with Gasteiger partial charge in [-0.05, 0) is 0 Å². The van der Waals surface area contributed by atoms with Crippen molar-refractivity contribution in [3.63, 3.8) is 0 Å². The molecule has 0 aromatic heterocycles. The maximum absolute atomic E-state index is 11.1. The number of hydrogen-bond donors (Lipinski definition) is 1. The van der Waals surface area contributed by atoms with E-state index in [1.165, 1.54) is 0 Å². The van der Waals surface area contributed by atoms with Gasteiger partial charge in [-0.3, -0.25) is 4.21 Å². The summed E-state index contributed by atoms with van der Waals surface area (Å²) >= 11 is 0. The first kappa shape index (κ1) is 10.1. The van der Waals surface area contributed by atoms with Crippen LogP contribution in [0.15, 0.2) is 0 Å². The first-order chi connectivity index (χ1) is 4.76. The van der Waals surface area contributed by atoms with Crippen molar-refractivity contribution in [1.29, 1.82) is 0 Å². The fourth-order valence-electron chi connectivity index (χ4n) is 0.673. The quantitative estimate of drug-likeness (QED) is 0.610. The Balaban J connectivity index is 3.68. The van der Waals surface area contributed by atoms with Crippen LogP contribution in [-0.2, 0) is 15.5 Å². The van der Waals surface area contributed by atoms with Gasteiger partial charge in [0.25, 0.3) is 0 Å². The van der Waals surface area contributed by atoms with Gasteiger partial charge in [0.05, 0.1) is 11.9 Å². The van der Waals surface area contributed by atoms with Crippen LogP contribution >= 0.6 is 0 Å². The van der Waals surface area contributed by atoms with Gasteiger partial charge in [0.15, 0.2) is 0 Å². The van der Waals surface area contributed by atoms with Gasteiger partial charge >= 0.3 is 0 Å². The van der Waals surface area contributed by atoms with Crippen LogP contribution < -0.4 is 5.73 Å². The average molecular weight is 165 g/mol. The first-order valence-corrected chi connectivity index (χ1v) is 4.70. The smallest absolute Gasteiger partial charge is 0.0703 e. The first-order valence-electron chi connectivity index (χ1n) is 3.32. The summed E-state index contributed by atoms with van der Waals surface area (Å²) in [6.07, 6.45) is 0. The van der Waals surface area contributed by atoms with Crippen molar-refractivity contribution in [2.75, 3.05) is 26.0 Å². The summed E-state index contributed by atoms with van der Waals surface area (Å²) in [7, 11) is 0.778. The highest BCUT2D eigenvalue weighted by atomic mass is 32.2. The van der Waals surface area contributed by atoms with Crippen LogP contribution in [0, 0.1) is 0 Å². The zero-order valence-electron chi connectivity index (χ0n) is 6.50. The van der Waals surface area contributed by atoms with Crippen LogP contribution in [0.3, 0.4) is 0 Å². The summed E-state index contributed by atoms with van der Waals surface area (Å²) in [5, 5.41) is 0.00926. The van der Waals surface area contributed by atoms with Gasteiger partial charge < -0.3 is 10.5 Å². The van der Waals surface area contributed by atoms with Crippen LogP contribution in [0.2, 0.25) is 0 Å². The maximum Gasteiger partial charge on any atom is 0.0703 e. The molecule has 0 spiro atoms. The monoisotopic (exact) mass is 165 g/mol. The molecule has 0 radical (unpaired) electrons. The normalized spacial score (nSPS) is 16.7. The Morgan fingerprint density at radius 3 is 2.60 bits per heavy atom. The lowest BCUT2D eigenvalue weighted by Gasteiger charge is -2.10. The lowest BCUT2D eigenvalue weighted by atomic mass is 10.4. The summed E-state index contributed by atoms with van der Waals surface area (Å²) in [6.45, 7) is 2.82. The largest absolute Gasteiger partial charge is 0.383 e. The molecule has 2 atom stereocenters. The van der Waals surface area contributed by atoms with Crippen molar-refractivity contribution < 1.29 is 8.95 Å². The molecule has 0 aromatic rings. The lowest BCUT2D eigenvalue weighted by molar-refractivity contribution is 0.199. The van der Waals surface area contributed by atoms with E-state index < -0.39 is 10.8 Å². The predicted octanol–water partition coefficient (Wildman–Crippen LogP) is -0.271. The molecule has 3 nitrogen and oxygen atoms in total. The van der Waals surface area contributed by atoms with Crippen LogP contribution in [0.4, 0.5) is 0 Å². The molecular weight excluding hydrogens is 150 g/mol. The van der Waals surface area contributed by atoms with Gasteiger partial charge in [-0.25, -0.2) is 0 Å². The lowest BCUT2D eigenvalue weighted by Crippen LogP contribution is -2.30. The Morgan fingerprint density at radius 1 is 1.70 bits per heavy atom. The molecule has 4 heteroatoms. The molecule has 0 amide bonds. The third-order valence-electron chi connectivity index (χ3n) is 1.27. The molecule has 0 aliphatic heterocycles. The summed E-state index contributed by atoms with van der Waals surface area (Å²) < 4.78 is 15.9. The highest BCUT2D eigenvalue weighted by Gasteiger charge is 2.11. The topological polar surface area (TPSA) is 52.3 Å². The second kappa shape index (κ2) is 5.82. The summed E-state index contributed by atoms with van der Waals surface area (Å²) in [5.74, 6) is 0.658. The van der Waals surface area contributed by atoms with E-state index in [0.29, 0.717) is 18.9 Å². The van der Waals surface area contributed by atoms with Gasteiger partial charge in [-0.2, -0.15) is 0 Å². The Hall–Kier alpha value is 0.0700. The third-order valence-corrected chi connectivity index (χ3v) is 2.91. The molecule has 0 saturated carbocycles. The SMILES string of the molecule is CCS(=O)C(CN)COC. The minimum atomic E-state index is -0.815. The number of nitrogens with two attached hydrogens (primary N) is 1. The number of ether oxygens (including phenoxy) is 1. The second-order valence-electron chi connectivity index (χ2n) is 1.98. The minimum Gasteiger partial charge on any atom is -0.383 e. The predicted molar refractivity (Wildman–Crippen MR) is 43.4 cm³/mol. The Bertz CT molecular complexity index is 108. The van der Waals surface area contributed by atoms with Gasteiger partial charge in [-0.1, -0.05) is 6.92 Å². The van der Waals surface area contributed by atoms with Crippen molar-refractivity contribution in [2.45, 2.75) is 12.2 Å². The van der Waals surface area contributed by atoms with E-state index >= 15 is 0 Å². The van der Waals surface area contributed by atoms with Crippen molar-refractivity contribution >= 4 is 10.8 Å². The molecule has 0 bridgehead atoms. The fraction of sp³-hybridized carbons (Fsp3) is 1.00. The summed E-state index contributed by atoms with van der Waals surface area (Å²) in [5.41, 5.74) is 5.36. The molecular formula is C6H15NO2S. The number of rotatable bonds is 5. The van der Waals surface area contributed by atoms with E-state index in [0.717, 1.165) is 0 Å². The molecule has 0 fully saturated rings. The highest BCUT2D eigenvalue weighted by Crippen LogP contribution is 1.94. The molecule has 0 aromatic carbocycles. The Kier molecular flexibility index (Phi) is 5.87. The van der Waals surface area contributed by atoms with Crippen LogP contribution in [0.25, 0.3) is 0 Å². The molecule has 0 aliphatic carbocycles. The van der Waals surface area contributed by atoms with Gasteiger partial charge in [0.1, 0.15) is 0 Å². The minimum absolute atomic E-state index is 0.00926. The zero-order valence-corrected chi connectivity index (χ0v) is 7.32. The third kappa shape index (κ3) is 3.29. The molecule has 62 valence electrons. The highest BCUT2D eigenvalue weighted by molar-refractivity contribution is 7.85. The van der Waals surface area contributed by atoms with E-state index in [-0.39, 0.29) is 5.25 Å². The van der Waals surface area contributed by atoms with E-state index in [2.05, 4.69) is 0 Å². The average Bonchev–Trinajstić information content (AvgIpc) is 1.99. The number of methoxy groups -OCH3 is 1. The van der Waals surface area contributed by atoms with Crippen molar-refractivity contribution in [2.24, 2.45) is 5.73 Å². The van der Waals surface area contributed by atoms with Crippen LogP contribution in [-0.4, -0.2) is 35.5 Å². The maximum atomic E-state index is 11.1. The molecule has 10 heavy (non-hydrogen) atoms. The summed E-state index contributed by atoms with van der Waals surface area (Å²) in [4.78, 5) is 0. The molecule has 2 N–H and O–H groups in total. The van der Waals surface area contributed by atoms with Gasteiger partial charge in [0, 0.05) is 30.2 Å². The molecule has 0 heterocycles. The van der Waals surface area contributed by atoms with Crippen LogP contribution in [0.1, 0.15) is 6.92 Å². The molecule has 0 aliphatic rings. The fourth-order valence-corrected chi connectivity index (χ4v) is 1.65. The Labute approximate surface area is 64.4 Å². The van der Waals surface area contributed by atoms with Crippen molar-refractivity contribution in [1.82, 2.24) is 0 Å². The standard InChI is InChI=1S/C6H15NO2S/c1-3-10(8)6(4-7)5-9-2/h6H,3-5,7H2,1-2H3.